The minimum Gasteiger partial charge on any atom is -0.325 e. The summed E-state index contributed by atoms with van der Waals surface area (Å²) in [6.45, 7) is 4.16. The molecule has 1 aromatic carbocycles. The average molecular weight is 323 g/mol. The van der Waals surface area contributed by atoms with E-state index in [4.69, 9.17) is 5.26 Å². The van der Waals surface area contributed by atoms with Crippen molar-refractivity contribution in [3.05, 3.63) is 28.2 Å². The number of amides is 1. The third-order valence-corrected chi connectivity index (χ3v) is 3.50. The van der Waals surface area contributed by atoms with Gasteiger partial charge in [0.25, 0.3) is 0 Å². The van der Waals surface area contributed by atoms with Crippen LogP contribution in [0.4, 0.5) is 5.69 Å². The van der Waals surface area contributed by atoms with Crippen LogP contribution in [0.25, 0.3) is 0 Å². The molecule has 19 heavy (non-hydrogen) atoms. The molecule has 1 amide bonds. The van der Waals surface area contributed by atoms with Crippen molar-refractivity contribution in [1.29, 1.82) is 5.26 Å². The zero-order valence-electron chi connectivity index (χ0n) is 11.4. The Kier molecular flexibility index (Phi) is 6.58. The highest BCUT2D eigenvalue weighted by Gasteiger charge is 2.17. The number of nitrogens with one attached hydrogen (secondary N) is 1. The van der Waals surface area contributed by atoms with E-state index in [1.54, 1.807) is 12.1 Å². The van der Waals surface area contributed by atoms with Gasteiger partial charge in [-0.25, -0.2) is 0 Å². The van der Waals surface area contributed by atoms with Gasteiger partial charge in [0.2, 0.25) is 5.91 Å². The maximum Gasteiger partial charge on any atom is 0.227 e. The Labute approximate surface area is 123 Å². The molecule has 0 saturated carbocycles. The van der Waals surface area contributed by atoms with Crippen LogP contribution in [0.5, 0.6) is 0 Å². The van der Waals surface area contributed by atoms with Crippen molar-refractivity contribution in [1.82, 2.24) is 0 Å². The summed E-state index contributed by atoms with van der Waals surface area (Å²) in [5, 5.41) is 12.0. The van der Waals surface area contributed by atoms with Gasteiger partial charge in [-0.15, -0.1) is 0 Å². The van der Waals surface area contributed by atoms with Crippen LogP contribution in [0.15, 0.2) is 22.7 Å². The predicted molar refractivity (Wildman–Crippen MR) is 80.8 cm³/mol. The van der Waals surface area contributed by atoms with Crippen molar-refractivity contribution in [3.8, 4) is 6.07 Å². The van der Waals surface area contributed by atoms with Crippen molar-refractivity contribution < 1.29 is 4.79 Å². The van der Waals surface area contributed by atoms with Crippen LogP contribution in [-0.4, -0.2) is 5.91 Å². The number of anilines is 1. The van der Waals surface area contributed by atoms with Crippen molar-refractivity contribution in [3.63, 3.8) is 0 Å². The number of carbonyl (C=O) groups excluding carboxylic acids is 1. The highest BCUT2D eigenvalue weighted by molar-refractivity contribution is 9.10. The number of carbonyl (C=O) groups is 1. The minimum atomic E-state index is 0.0162. The van der Waals surface area contributed by atoms with E-state index in [2.05, 4.69) is 41.2 Å². The molecule has 1 rings (SSSR count). The molecule has 0 aromatic heterocycles. The first-order valence-corrected chi connectivity index (χ1v) is 7.42. The normalized spacial score (nSPS) is 10.3. The van der Waals surface area contributed by atoms with Crippen LogP contribution in [0.3, 0.4) is 0 Å². The quantitative estimate of drug-likeness (QED) is 0.839. The van der Waals surface area contributed by atoms with E-state index < -0.39 is 0 Å². The SMILES string of the molecule is CCCC(CCC)C(=O)Nc1ccc(Br)cc1C#N. The predicted octanol–water partition coefficient (Wildman–Crippen LogP) is 4.48. The van der Waals surface area contributed by atoms with E-state index in [1.807, 2.05) is 6.07 Å². The molecule has 1 N–H and O–H groups in total. The fraction of sp³-hybridized carbons (Fsp3) is 0.467. The molecule has 0 radical (unpaired) electrons. The van der Waals surface area contributed by atoms with Crippen LogP contribution in [-0.2, 0) is 4.79 Å². The van der Waals surface area contributed by atoms with E-state index in [1.165, 1.54) is 0 Å². The number of halogens is 1. The first kappa shape index (κ1) is 15.7. The third-order valence-electron chi connectivity index (χ3n) is 3.00. The second-order valence-corrected chi connectivity index (χ2v) is 5.48. The summed E-state index contributed by atoms with van der Waals surface area (Å²) in [6.07, 6.45) is 3.75. The second-order valence-electron chi connectivity index (χ2n) is 4.57. The van der Waals surface area contributed by atoms with Crippen LogP contribution >= 0.6 is 15.9 Å². The molecule has 0 aliphatic heterocycles. The molecule has 0 saturated heterocycles. The van der Waals surface area contributed by atoms with Gasteiger partial charge in [-0.3, -0.25) is 4.79 Å². The Balaban J connectivity index is 2.83. The van der Waals surface area contributed by atoms with Gasteiger partial charge >= 0.3 is 0 Å². The second kappa shape index (κ2) is 7.96. The molecule has 3 nitrogen and oxygen atoms in total. The monoisotopic (exact) mass is 322 g/mol. The molecule has 0 fully saturated rings. The summed E-state index contributed by atoms with van der Waals surface area (Å²) in [6, 6.07) is 7.40. The first-order chi connectivity index (χ1) is 9.12. The van der Waals surface area contributed by atoms with Gasteiger partial charge in [-0.2, -0.15) is 5.26 Å². The standard InChI is InChI=1S/C15H19BrN2O/c1-3-5-11(6-4-2)15(19)18-14-8-7-13(16)9-12(14)10-17/h7-9,11H,3-6H2,1-2H3,(H,18,19). The molecule has 0 bridgehead atoms. The van der Waals surface area contributed by atoms with Crippen LogP contribution < -0.4 is 5.32 Å². The van der Waals surface area contributed by atoms with E-state index in [9.17, 15) is 4.79 Å². The topological polar surface area (TPSA) is 52.9 Å². The lowest BCUT2D eigenvalue weighted by atomic mass is 9.97. The lowest BCUT2D eigenvalue weighted by Crippen LogP contribution is -2.23. The van der Waals surface area contributed by atoms with Gasteiger partial charge in [-0.1, -0.05) is 42.6 Å². The lowest BCUT2D eigenvalue weighted by molar-refractivity contribution is -0.120. The molecule has 0 heterocycles. The molecule has 0 atom stereocenters. The van der Waals surface area contributed by atoms with Crippen molar-refractivity contribution >= 4 is 27.5 Å². The summed E-state index contributed by atoms with van der Waals surface area (Å²) in [4.78, 5) is 12.2. The molecule has 1 aromatic rings. The number of nitriles is 1. The minimum absolute atomic E-state index is 0.0162. The Hall–Kier alpha value is -1.34. The average Bonchev–Trinajstić information content (AvgIpc) is 2.40. The van der Waals surface area contributed by atoms with Crippen molar-refractivity contribution in [2.24, 2.45) is 5.92 Å². The molecular weight excluding hydrogens is 304 g/mol. The molecule has 0 aliphatic carbocycles. The van der Waals surface area contributed by atoms with Crippen LogP contribution in [0.1, 0.15) is 45.1 Å². The van der Waals surface area contributed by atoms with Crippen molar-refractivity contribution in [2.45, 2.75) is 39.5 Å². The van der Waals surface area contributed by atoms with Gasteiger partial charge in [0.1, 0.15) is 6.07 Å². The summed E-state index contributed by atoms with van der Waals surface area (Å²) in [5.74, 6) is 0.0488. The number of nitrogens with zero attached hydrogens (tertiary/aromatic N) is 1. The third kappa shape index (κ3) is 4.68. The largest absolute Gasteiger partial charge is 0.325 e. The van der Waals surface area contributed by atoms with E-state index in [0.29, 0.717) is 11.3 Å². The molecule has 102 valence electrons. The Bertz CT molecular complexity index is 474. The molecule has 0 unspecified atom stereocenters. The summed E-state index contributed by atoms with van der Waals surface area (Å²) < 4.78 is 0.834. The van der Waals surface area contributed by atoms with Gasteiger partial charge in [0, 0.05) is 10.4 Å². The molecule has 0 spiro atoms. The van der Waals surface area contributed by atoms with Crippen molar-refractivity contribution in [2.75, 3.05) is 5.32 Å². The van der Waals surface area contributed by atoms with Crippen LogP contribution in [0, 0.1) is 17.2 Å². The van der Waals surface area contributed by atoms with E-state index in [0.717, 1.165) is 30.2 Å². The molecular formula is C15H19BrN2O. The zero-order chi connectivity index (χ0) is 14.3. The van der Waals surface area contributed by atoms with Gasteiger partial charge in [-0.05, 0) is 31.0 Å². The highest BCUT2D eigenvalue weighted by Crippen LogP contribution is 2.22. The summed E-state index contributed by atoms with van der Waals surface area (Å²) in [7, 11) is 0. The Morgan fingerprint density at radius 2 is 2.00 bits per heavy atom. The molecule has 0 aliphatic rings. The lowest BCUT2D eigenvalue weighted by Gasteiger charge is -2.16. The fourth-order valence-electron chi connectivity index (χ4n) is 2.06. The first-order valence-electron chi connectivity index (χ1n) is 6.62. The van der Waals surface area contributed by atoms with E-state index >= 15 is 0 Å². The number of hydrogen-bond acceptors (Lipinski definition) is 2. The van der Waals surface area contributed by atoms with Crippen LogP contribution in [0.2, 0.25) is 0 Å². The smallest absolute Gasteiger partial charge is 0.227 e. The maximum atomic E-state index is 12.2. The van der Waals surface area contributed by atoms with Gasteiger partial charge in [0.05, 0.1) is 11.3 Å². The zero-order valence-corrected chi connectivity index (χ0v) is 13.0. The number of hydrogen-bond donors (Lipinski definition) is 1. The highest BCUT2D eigenvalue weighted by atomic mass is 79.9. The number of benzene rings is 1. The fourth-order valence-corrected chi connectivity index (χ4v) is 2.42. The van der Waals surface area contributed by atoms with Gasteiger partial charge in [0.15, 0.2) is 0 Å². The summed E-state index contributed by atoms with van der Waals surface area (Å²) >= 11 is 3.32. The number of rotatable bonds is 6. The maximum absolute atomic E-state index is 12.2. The molecule has 4 heteroatoms. The Morgan fingerprint density at radius 3 is 2.53 bits per heavy atom. The summed E-state index contributed by atoms with van der Waals surface area (Å²) in [5.41, 5.74) is 1.07. The van der Waals surface area contributed by atoms with Gasteiger partial charge < -0.3 is 5.32 Å². The Morgan fingerprint density at radius 1 is 1.37 bits per heavy atom. The van der Waals surface area contributed by atoms with E-state index in [-0.39, 0.29) is 11.8 Å².